The van der Waals surface area contributed by atoms with Gasteiger partial charge in [0.1, 0.15) is 0 Å². The Labute approximate surface area is 243 Å². The second-order valence-corrected chi connectivity index (χ2v) is 23.5. The standard InChI is InChI=1S/C32H62O5Si2/c1-14-16-17-18-19-20-21-23-26(3)35-29(34)25-24-28(36-38(10,11)31(4,5)6)30(27(33)22-15-2)37-39(12,13)32(7,8)9/h14-15,24-28,30,33H,1-2,16-23H2,3-13H3/b25-24+/t26-,27+,28+,30-/m0/s1. The molecule has 1 N–H and O–H groups in total. The number of carbonyl (C=O) groups excluding carboxylic acids is 1. The molecule has 0 aliphatic carbocycles. The highest BCUT2D eigenvalue weighted by molar-refractivity contribution is 6.74. The molecule has 7 heteroatoms. The van der Waals surface area contributed by atoms with E-state index in [0.717, 1.165) is 25.7 Å². The van der Waals surface area contributed by atoms with E-state index in [1.54, 1.807) is 12.2 Å². The molecule has 0 spiro atoms. The van der Waals surface area contributed by atoms with Gasteiger partial charge in [-0.2, -0.15) is 0 Å². The average molecular weight is 583 g/mol. The summed E-state index contributed by atoms with van der Waals surface area (Å²) >= 11 is 0. The summed E-state index contributed by atoms with van der Waals surface area (Å²) < 4.78 is 19.3. The van der Waals surface area contributed by atoms with Crippen LogP contribution in [0.5, 0.6) is 0 Å². The number of hydrogen-bond donors (Lipinski definition) is 1. The topological polar surface area (TPSA) is 65.0 Å². The second kappa shape index (κ2) is 17.1. The third-order valence-electron chi connectivity index (χ3n) is 8.34. The largest absolute Gasteiger partial charge is 0.460 e. The molecule has 228 valence electrons. The van der Waals surface area contributed by atoms with Crippen LogP contribution in [0.25, 0.3) is 0 Å². The van der Waals surface area contributed by atoms with Crippen molar-refractivity contribution in [2.75, 3.05) is 0 Å². The number of allylic oxidation sites excluding steroid dienone is 1. The van der Waals surface area contributed by atoms with Crippen molar-refractivity contribution in [3.63, 3.8) is 0 Å². The Balaban J connectivity index is 5.73. The second-order valence-electron chi connectivity index (χ2n) is 14.0. The predicted molar refractivity (Wildman–Crippen MR) is 172 cm³/mol. The van der Waals surface area contributed by atoms with Crippen molar-refractivity contribution >= 4 is 22.6 Å². The summed E-state index contributed by atoms with van der Waals surface area (Å²) in [6.45, 7) is 31.3. The fraction of sp³-hybridized carbons (Fsp3) is 0.781. The molecule has 0 amide bonds. The van der Waals surface area contributed by atoms with Crippen molar-refractivity contribution in [3.8, 4) is 0 Å². The molecule has 0 aliphatic heterocycles. The van der Waals surface area contributed by atoms with Gasteiger partial charge in [-0.05, 0) is 81.4 Å². The van der Waals surface area contributed by atoms with Gasteiger partial charge in [0, 0.05) is 6.08 Å². The van der Waals surface area contributed by atoms with E-state index in [2.05, 4.69) is 80.9 Å². The first-order valence-corrected chi connectivity index (χ1v) is 20.7. The summed E-state index contributed by atoms with van der Waals surface area (Å²) in [5.41, 5.74) is 0. The smallest absolute Gasteiger partial charge is 0.330 e. The van der Waals surface area contributed by atoms with Gasteiger partial charge in [0.15, 0.2) is 16.6 Å². The van der Waals surface area contributed by atoms with Gasteiger partial charge in [-0.1, -0.05) is 73.0 Å². The number of aliphatic hydroxyl groups is 1. The molecule has 0 fully saturated rings. The lowest BCUT2D eigenvalue weighted by Gasteiger charge is -2.45. The normalized spacial score (nSPS) is 16.5. The minimum absolute atomic E-state index is 0.0509. The summed E-state index contributed by atoms with van der Waals surface area (Å²) in [4.78, 5) is 12.8. The maximum Gasteiger partial charge on any atom is 0.330 e. The van der Waals surface area contributed by atoms with Crippen molar-refractivity contribution in [2.24, 2.45) is 0 Å². The maximum atomic E-state index is 12.8. The van der Waals surface area contributed by atoms with Crippen LogP contribution >= 0.6 is 0 Å². The number of esters is 1. The molecule has 0 saturated heterocycles. The molecule has 39 heavy (non-hydrogen) atoms. The molecule has 0 unspecified atom stereocenters. The van der Waals surface area contributed by atoms with Crippen LogP contribution in [0.1, 0.15) is 99.8 Å². The van der Waals surface area contributed by atoms with Gasteiger partial charge in [-0.3, -0.25) is 0 Å². The lowest BCUT2D eigenvalue weighted by molar-refractivity contribution is -0.142. The Hall–Kier alpha value is -0.996. The van der Waals surface area contributed by atoms with Gasteiger partial charge < -0.3 is 18.7 Å². The van der Waals surface area contributed by atoms with Gasteiger partial charge in [0.2, 0.25) is 0 Å². The molecular weight excluding hydrogens is 521 g/mol. The van der Waals surface area contributed by atoms with Crippen LogP contribution in [0.2, 0.25) is 36.3 Å². The van der Waals surface area contributed by atoms with E-state index in [0.29, 0.717) is 6.42 Å². The van der Waals surface area contributed by atoms with E-state index in [1.807, 2.05) is 13.0 Å². The van der Waals surface area contributed by atoms with Gasteiger partial charge in [0.05, 0.1) is 24.4 Å². The first-order valence-electron chi connectivity index (χ1n) is 14.9. The summed E-state index contributed by atoms with van der Waals surface area (Å²) in [6, 6.07) is 0. The fourth-order valence-electron chi connectivity index (χ4n) is 3.64. The highest BCUT2D eigenvalue weighted by atomic mass is 28.4. The third-order valence-corrected chi connectivity index (χ3v) is 17.3. The van der Waals surface area contributed by atoms with Gasteiger partial charge in [-0.15, -0.1) is 13.2 Å². The van der Waals surface area contributed by atoms with Crippen molar-refractivity contribution < 1.29 is 23.5 Å². The van der Waals surface area contributed by atoms with Crippen LogP contribution in [0.15, 0.2) is 37.5 Å². The number of unbranched alkanes of at least 4 members (excludes halogenated alkanes) is 5. The average Bonchev–Trinajstić information content (AvgIpc) is 2.78. The zero-order chi connectivity index (χ0) is 30.5. The van der Waals surface area contributed by atoms with Crippen LogP contribution in [0.3, 0.4) is 0 Å². The monoisotopic (exact) mass is 582 g/mol. The van der Waals surface area contributed by atoms with E-state index in [4.69, 9.17) is 13.6 Å². The van der Waals surface area contributed by atoms with Crippen molar-refractivity contribution in [1.29, 1.82) is 0 Å². The summed E-state index contributed by atoms with van der Waals surface area (Å²) in [6.07, 6.45) is 12.8. The van der Waals surface area contributed by atoms with Crippen LogP contribution in [-0.4, -0.2) is 52.1 Å². The highest BCUT2D eigenvalue weighted by Crippen LogP contribution is 2.41. The van der Waals surface area contributed by atoms with Crippen LogP contribution in [0, 0.1) is 0 Å². The number of rotatable bonds is 19. The lowest BCUT2D eigenvalue weighted by Crippen LogP contribution is -2.54. The molecule has 4 atom stereocenters. The lowest BCUT2D eigenvalue weighted by atomic mass is 10.0. The van der Waals surface area contributed by atoms with E-state index in [-0.39, 0.29) is 22.1 Å². The summed E-state index contributed by atoms with van der Waals surface area (Å²) in [5, 5.41) is 11.1. The highest BCUT2D eigenvalue weighted by Gasteiger charge is 2.45. The Morgan fingerprint density at radius 1 is 0.846 bits per heavy atom. The molecule has 0 aromatic rings. The first kappa shape index (κ1) is 38.0. The summed E-state index contributed by atoms with van der Waals surface area (Å²) in [5.74, 6) is -0.387. The van der Waals surface area contributed by atoms with Crippen LogP contribution in [0.4, 0.5) is 0 Å². The van der Waals surface area contributed by atoms with Gasteiger partial charge in [-0.25, -0.2) is 4.79 Å². The van der Waals surface area contributed by atoms with Gasteiger partial charge in [0.25, 0.3) is 0 Å². The number of ether oxygens (including phenoxy) is 1. The van der Waals surface area contributed by atoms with Crippen molar-refractivity contribution in [3.05, 3.63) is 37.5 Å². The van der Waals surface area contributed by atoms with Gasteiger partial charge >= 0.3 is 5.97 Å². The van der Waals surface area contributed by atoms with Crippen molar-refractivity contribution in [1.82, 2.24) is 0 Å². The molecule has 0 aromatic carbocycles. The maximum absolute atomic E-state index is 12.8. The number of hydrogen-bond acceptors (Lipinski definition) is 5. The molecule has 0 heterocycles. The molecule has 0 saturated carbocycles. The van der Waals surface area contributed by atoms with Crippen LogP contribution < -0.4 is 0 Å². The molecule has 0 aliphatic rings. The molecule has 5 nitrogen and oxygen atoms in total. The molecule has 0 radical (unpaired) electrons. The number of aliphatic hydroxyl groups excluding tert-OH is 1. The van der Waals surface area contributed by atoms with E-state index >= 15 is 0 Å². The Morgan fingerprint density at radius 2 is 1.36 bits per heavy atom. The summed E-state index contributed by atoms with van der Waals surface area (Å²) in [7, 11) is -4.54. The molecule has 0 aromatic heterocycles. The molecule has 0 rings (SSSR count). The Bertz CT molecular complexity index is 762. The molecular formula is C32H62O5Si2. The van der Waals surface area contributed by atoms with Crippen LogP contribution in [-0.2, 0) is 18.4 Å². The first-order chi connectivity index (χ1) is 17.8. The Morgan fingerprint density at radius 3 is 1.87 bits per heavy atom. The van der Waals surface area contributed by atoms with Crippen molar-refractivity contribution in [2.45, 2.75) is 161 Å². The number of carbonyl (C=O) groups is 1. The third kappa shape index (κ3) is 14.5. The quantitative estimate of drug-likeness (QED) is 0.0541. The zero-order valence-corrected chi connectivity index (χ0v) is 29.3. The van der Waals surface area contributed by atoms with E-state index in [1.165, 1.54) is 25.3 Å². The zero-order valence-electron chi connectivity index (χ0n) is 27.3. The SMILES string of the molecule is C=CCCCCCCC[C@H](C)OC(=O)/C=C/[C@@H](O[Si](C)(C)C(C)(C)C)[C@@H](O[Si](C)(C)C(C)(C)C)[C@H](O)CC=C. The van der Waals surface area contributed by atoms with E-state index in [9.17, 15) is 9.90 Å². The minimum Gasteiger partial charge on any atom is -0.460 e. The predicted octanol–water partition coefficient (Wildman–Crippen LogP) is 9.11. The van der Waals surface area contributed by atoms with E-state index < -0.39 is 34.9 Å². The minimum atomic E-state index is -2.27. The fourth-order valence-corrected chi connectivity index (χ4v) is 6.21. The Kier molecular flexibility index (Phi) is 16.6. The molecule has 0 bridgehead atoms.